The van der Waals surface area contributed by atoms with E-state index in [0.717, 1.165) is 11.3 Å². The van der Waals surface area contributed by atoms with Gasteiger partial charge in [0.25, 0.3) is 0 Å². The zero-order valence-corrected chi connectivity index (χ0v) is 9.27. The molecular weight excluding hydrogens is 220 g/mol. The number of aromatic amines is 1. The van der Waals surface area contributed by atoms with Gasteiger partial charge in [0.15, 0.2) is 0 Å². The first-order valence-electron chi connectivity index (χ1n) is 5.20. The predicted molar refractivity (Wildman–Crippen MR) is 59.5 cm³/mol. The number of aromatic nitrogens is 2. The summed E-state index contributed by atoms with van der Waals surface area (Å²) in [5.74, 6) is -0.499. The van der Waals surface area contributed by atoms with Crippen molar-refractivity contribution in [2.24, 2.45) is 0 Å². The Labute approximate surface area is 98.0 Å². The highest BCUT2D eigenvalue weighted by molar-refractivity contribution is 5.85. The highest BCUT2D eigenvalue weighted by Crippen LogP contribution is 2.21. The first-order valence-corrected chi connectivity index (χ1v) is 5.20. The molecular formula is C12H11N2O3-. The average Bonchev–Trinajstić information content (AvgIpc) is 2.80. The lowest BCUT2D eigenvalue weighted by Gasteiger charge is -2.02. The van der Waals surface area contributed by atoms with Gasteiger partial charge in [-0.3, -0.25) is 5.10 Å². The van der Waals surface area contributed by atoms with E-state index in [1.807, 2.05) is 31.2 Å². The molecule has 0 amide bonds. The van der Waals surface area contributed by atoms with Gasteiger partial charge in [-0.15, -0.1) is 0 Å². The van der Waals surface area contributed by atoms with Crippen molar-refractivity contribution in [1.82, 2.24) is 10.2 Å². The van der Waals surface area contributed by atoms with Gasteiger partial charge in [-0.2, -0.15) is 5.10 Å². The molecule has 0 radical (unpaired) electrons. The predicted octanol–water partition coefficient (Wildman–Crippen LogP) is 0.839. The molecule has 2 rings (SSSR count). The van der Waals surface area contributed by atoms with E-state index in [0.29, 0.717) is 12.3 Å². The van der Waals surface area contributed by atoms with Gasteiger partial charge >= 0.3 is 0 Å². The topological polar surface area (TPSA) is 78.0 Å². The Morgan fingerprint density at radius 3 is 2.65 bits per heavy atom. The number of nitrogens with one attached hydrogen (secondary N) is 1. The lowest BCUT2D eigenvalue weighted by molar-refractivity contribution is -0.255. The maximum absolute atomic E-state index is 10.6. The third kappa shape index (κ3) is 2.44. The molecule has 0 bridgehead atoms. The Kier molecular flexibility index (Phi) is 3.09. The summed E-state index contributed by atoms with van der Waals surface area (Å²) in [5, 5.41) is 16.9. The summed E-state index contributed by atoms with van der Waals surface area (Å²) in [5.41, 5.74) is 1.35. The van der Waals surface area contributed by atoms with Crippen molar-refractivity contribution in [2.45, 2.75) is 6.92 Å². The van der Waals surface area contributed by atoms with Crippen LogP contribution in [0.2, 0.25) is 0 Å². The van der Waals surface area contributed by atoms with E-state index in [2.05, 4.69) is 10.2 Å². The Balaban J connectivity index is 2.23. The van der Waals surface area contributed by atoms with Crippen LogP contribution in [0, 0.1) is 0 Å². The number of carboxylic acid groups (broad SMARTS) is 1. The van der Waals surface area contributed by atoms with Crippen LogP contribution in [0.25, 0.3) is 11.3 Å². The fourth-order valence-corrected chi connectivity index (χ4v) is 1.46. The third-order valence-corrected chi connectivity index (χ3v) is 2.26. The molecule has 17 heavy (non-hydrogen) atoms. The van der Waals surface area contributed by atoms with Gasteiger partial charge in [-0.1, -0.05) is 0 Å². The van der Waals surface area contributed by atoms with Crippen molar-refractivity contribution >= 4 is 5.97 Å². The van der Waals surface area contributed by atoms with Gasteiger partial charge in [0.2, 0.25) is 0 Å². The number of carboxylic acids is 1. The van der Waals surface area contributed by atoms with Crippen LogP contribution in [0.1, 0.15) is 17.4 Å². The zero-order valence-electron chi connectivity index (χ0n) is 9.27. The molecule has 0 aliphatic rings. The number of carbonyl (C=O) groups excluding carboxylic acids is 1. The van der Waals surface area contributed by atoms with E-state index < -0.39 is 5.97 Å². The van der Waals surface area contributed by atoms with Crippen molar-refractivity contribution in [3.05, 3.63) is 36.0 Å². The molecule has 0 aliphatic heterocycles. The van der Waals surface area contributed by atoms with Crippen LogP contribution in [0.15, 0.2) is 30.3 Å². The molecule has 1 aromatic carbocycles. The Hall–Kier alpha value is -2.30. The van der Waals surface area contributed by atoms with E-state index in [9.17, 15) is 9.90 Å². The van der Waals surface area contributed by atoms with Gasteiger partial charge in [-0.25, -0.2) is 0 Å². The maximum atomic E-state index is 10.6. The second kappa shape index (κ2) is 4.69. The van der Waals surface area contributed by atoms with Crippen LogP contribution in [0.5, 0.6) is 5.75 Å². The van der Waals surface area contributed by atoms with Crippen molar-refractivity contribution in [3.8, 4) is 17.0 Å². The molecule has 0 fully saturated rings. The number of H-pyrrole nitrogens is 1. The van der Waals surface area contributed by atoms with Gasteiger partial charge in [0.1, 0.15) is 5.75 Å². The number of hydrogen-bond donors (Lipinski definition) is 1. The normalized spacial score (nSPS) is 10.2. The van der Waals surface area contributed by atoms with Gasteiger partial charge in [-0.05, 0) is 37.3 Å². The molecule has 0 saturated heterocycles. The SMILES string of the molecule is CCOc1ccc(-c2cc(C(=O)[O-])[nH]n2)cc1. The monoisotopic (exact) mass is 231 g/mol. The van der Waals surface area contributed by atoms with Gasteiger partial charge < -0.3 is 14.6 Å². The summed E-state index contributed by atoms with van der Waals surface area (Å²) in [4.78, 5) is 10.6. The second-order valence-electron chi connectivity index (χ2n) is 3.41. The number of carbonyl (C=O) groups is 1. The molecule has 0 unspecified atom stereocenters. The lowest BCUT2D eigenvalue weighted by Crippen LogP contribution is -2.22. The number of hydrogen-bond acceptors (Lipinski definition) is 4. The van der Waals surface area contributed by atoms with Crippen molar-refractivity contribution < 1.29 is 14.6 Å². The smallest absolute Gasteiger partial charge is 0.119 e. The fourth-order valence-electron chi connectivity index (χ4n) is 1.46. The van der Waals surface area contributed by atoms with Crippen molar-refractivity contribution in [1.29, 1.82) is 0 Å². The van der Waals surface area contributed by atoms with Crippen molar-refractivity contribution in [2.75, 3.05) is 6.61 Å². The number of benzene rings is 1. The minimum Gasteiger partial charge on any atom is -0.543 e. The molecule has 1 aromatic heterocycles. The molecule has 5 nitrogen and oxygen atoms in total. The Bertz CT molecular complexity index is 517. The Morgan fingerprint density at radius 2 is 2.12 bits per heavy atom. The number of ether oxygens (including phenoxy) is 1. The molecule has 5 heteroatoms. The molecule has 88 valence electrons. The third-order valence-electron chi connectivity index (χ3n) is 2.26. The average molecular weight is 231 g/mol. The molecule has 1 N–H and O–H groups in total. The first kappa shape index (κ1) is 11.2. The molecule has 0 aliphatic carbocycles. The molecule has 0 saturated carbocycles. The van der Waals surface area contributed by atoms with Crippen LogP contribution in [-0.2, 0) is 0 Å². The first-order chi connectivity index (χ1) is 8.20. The number of nitrogens with zero attached hydrogens (tertiary/aromatic N) is 1. The molecule has 1 heterocycles. The maximum Gasteiger partial charge on any atom is 0.119 e. The highest BCUT2D eigenvalue weighted by Gasteiger charge is 2.04. The summed E-state index contributed by atoms with van der Waals surface area (Å²) in [6, 6.07) is 8.70. The van der Waals surface area contributed by atoms with E-state index in [1.165, 1.54) is 6.07 Å². The minimum atomic E-state index is -1.27. The fraction of sp³-hybridized carbons (Fsp3) is 0.167. The number of aromatic carboxylic acids is 1. The van der Waals surface area contributed by atoms with E-state index >= 15 is 0 Å². The van der Waals surface area contributed by atoms with Crippen molar-refractivity contribution in [3.63, 3.8) is 0 Å². The zero-order chi connectivity index (χ0) is 12.3. The summed E-state index contributed by atoms with van der Waals surface area (Å²) in [7, 11) is 0. The van der Waals surface area contributed by atoms with Gasteiger partial charge in [0.05, 0.1) is 24.0 Å². The molecule has 0 spiro atoms. The largest absolute Gasteiger partial charge is 0.543 e. The van der Waals surface area contributed by atoms with Crippen LogP contribution in [-0.4, -0.2) is 22.8 Å². The molecule has 0 atom stereocenters. The van der Waals surface area contributed by atoms with Gasteiger partial charge in [0, 0.05) is 5.56 Å². The summed E-state index contributed by atoms with van der Waals surface area (Å²) in [6.45, 7) is 2.52. The standard InChI is InChI=1S/C12H12N2O3/c1-2-17-9-5-3-8(4-6-9)10-7-11(12(15)16)14-13-10/h3-7H,2H2,1H3,(H,13,14)(H,15,16)/p-1. The second-order valence-corrected chi connectivity index (χ2v) is 3.41. The van der Waals surface area contributed by atoms with E-state index in [4.69, 9.17) is 4.74 Å². The van der Waals surface area contributed by atoms with Crippen LogP contribution in [0.3, 0.4) is 0 Å². The lowest BCUT2D eigenvalue weighted by atomic mass is 10.1. The van der Waals surface area contributed by atoms with E-state index in [1.54, 1.807) is 0 Å². The molecule has 2 aromatic rings. The Morgan fingerprint density at radius 1 is 1.41 bits per heavy atom. The minimum absolute atomic E-state index is 0.0334. The summed E-state index contributed by atoms with van der Waals surface area (Å²) >= 11 is 0. The van der Waals surface area contributed by atoms with Crippen LogP contribution >= 0.6 is 0 Å². The van der Waals surface area contributed by atoms with Crippen LogP contribution in [0.4, 0.5) is 0 Å². The summed E-state index contributed by atoms with van der Waals surface area (Å²) in [6.07, 6.45) is 0. The quantitative estimate of drug-likeness (QED) is 0.845. The highest BCUT2D eigenvalue weighted by atomic mass is 16.5. The van der Waals surface area contributed by atoms with Crippen LogP contribution < -0.4 is 9.84 Å². The summed E-state index contributed by atoms with van der Waals surface area (Å²) < 4.78 is 5.31. The van der Waals surface area contributed by atoms with E-state index in [-0.39, 0.29) is 5.69 Å². The number of rotatable bonds is 4.